The molecule has 6 heteroatoms. The molecule has 0 bridgehead atoms. The molecule has 2 aromatic carbocycles. The Hall–Kier alpha value is -2.60. The van der Waals surface area contributed by atoms with Crippen molar-refractivity contribution in [3.8, 4) is 11.4 Å². The zero-order chi connectivity index (χ0) is 18.8. The summed E-state index contributed by atoms with van der Waals surface area (Å²) in [4.78, 5) is 14.7. The number of aryl methyl sites for hydroxylation is 2. The zero-order valence-corrected chi connectivity index (χ0v) is 16.4. The molecule has 0 atom stereocenters. The van der Waals surface area contributed by atoms with Gasteiger partial charge in [-0.1, -0.05) is 53.7 Å². The standard InChI is InChI=1S/C21H22N4OS/c1-15-7-5-9-17(13-15)20-22-23-21(24(20)2)27-14-19(26)25-12-6-10-16-8-3-4-11-18(16)25/h3-5,7-9,11,13H,6,10,12,14H2,1-2H3. The lowest BCUT2D eigenvalue weighted by atomic mass is 10.0. The van der Waals surface area contributed by atoms with Crippen LogP contribution in [0.15, 0.2) is 53.7 Å². The molecule has 0 saturated heterocycles. The van der Waals surface area contributed by atoms with Crippen LogP contribution in [-0.4, -0.2) is 33.0 Å². The number of hydrogen-bond donors (Lipinski definition) is 0. The van der Waals surface area contributed by atoms with Gasteiger partial charge < -0.3 is 9.47 Å². The van der Waals surface area contributed by atoms with E-state index in [-0.39, 0.29) is 5.91 Å². The molecule has 1 aromatic heterocycles. The number of carbonyl (C=O) groups is 1. The monoisotopic (exact) mass is 378 g/mol. The van der Waals surface area contributed by atoms with Crippen LogP contribution in [0.1, 0.15) is 17.5 Å². The molecule has 0 saturated carbocycles. The minimum Gasteiger partial charge on any atom is -0.311 e. The van der Waals surface area contributed by atoms with Crippen LogP contribution in [0.3, 0.4) is 0 Å². The van der Waals surface area contributed by atoms with E-state index in [9.17, 15) is 4.79 Å². The zero-order valence-electron chi connectivity index (χ0n) is 15.6. The molecule has 0 unspecified atom stereocenters. The Labute approximate surface area is 163 Å². The average molecular weight is 379 g/mol. The van der Waals surface area contributed by atoms with Crippen molar-refractivity contribution in [1.29, 1.82) is 0 Å². The maximum atomic E-state index is 12.8. The number of para-hydroxylation sites is 1. The van der Waals surface area contributed by atoms with Crippen LogP contribution in [0.25, 0.3) is 11.4 Å². The van der Waals surface area contributed by atoms with Crippen LogP contribution in [-0.2, 0) is 18.3 Å². The predicted molar refractivity (Wildman–Crippen MR) is 109 cm³/mol. The first-order valence-electron chi connectivity index (χ1n) is 9.11. The van der Waals surface area contributed by atoms with E-state index >= 15 is 0 Å². The van der Waals surface area contributed by atoms with Crippen LogP contribution in [0.2, 0.25) is 0 Å². The minimum atomic E-state index is 0.118. The number of benzene rings is 2. The van der Waals surface area contributed by atoms with E-state index in [1.54, 1.807) is 0 Å². The number of rotatable bonds is 4. The van der Waals surface area contributed by atoms with Gasteiger partial charge in [0.1, 0.15) is 0 Å². The van der Waals surface area contributed by atoms with Crippen molar-refractivity contribution in [2.75, 3.05) is 17.2 Å². The van der Waals surface area contributed by atoms with Gasteiger partial charge in [0.15, 0.2) is 11.0 Å². The van der Waals surface area contributed by atoms with E-state index in [1.165, 1.54) is 22.9 Å². The number of hydrogen-bond acceptors (Lipinski definition) is 4. The highest BCUT2D eigenvalue weighted by Gasteiger charge is 2.23. The molecule has 1 aliphatic rings. The average Bonchev–Trinajstić information content (AvgIpc) is 3.06. The Morgan fingerprint density at radius 2 is 2.00 bits per heavy atom. The fourth-order valence-corrected chi connectivity index (χ4v) is 4.26. The van der Waals surface area contributed by atoms with Gasteiger partial charge in [0, 0.05) is 24.8 Å². The molecule has 1 amide bonds. The topological polar surface area (TPSA) is 51.0 Å². The molecule has 5 nitrogen and oxygen atoms in total. The second-order valence-electron chi connectivity index (χ2n) is 6.80. The first kappa shape index (κ1) is 17.8. The molecule has 138 valence electrons. The fourth-order valence-electron chi connectivity index (χ4n) is 3.47. The SMILES string of the molecule is Cc1cccc(-c2nnc(SCC(=O)N3CCCc4ccccc43)n2C)c1. The van der Waals surface area contributed by atoms with Crippen LogP contribution >= 0.6 is 11.8 Å². The number of amides is 1. The molecule has 27 heavy (non-hydrogen) atoms. The Kier molecular flexibility index (Phi) is 4.99. The Balaban J connectivity index is 1.48. The predicted octanol–water partition coefficient (Wildman–Crippen LogP) is 3.86. The third kappa shape index (κ3) is 3.62. The summed E-state index contributed by atoms with van der Waals surface area (Å²) in [7, 11) is 1.95. The van der Waals surface area contributed by atoms with Gasteiger partial charge in [-0.25, -0.2) is 0 Å². The highest BCUT2D eigenvalue weighted by atomic mass is 32.2. The van der Waals surface area contributed by atoms with Gasteiger partial charge in [0.05, 0.1) is 5.75 Å². The summed E-state index contributed by atoms with van der Waals surface area (Å²) in [5, 5.41) is 9.36. The van der Waals surface area contributed by atoms with E-state index < -0.39 is 0 Å². The van der Waals surface area contributed by atoms with Crippen molar-refractivity contribution in [3.05, 3.63) is 59.7 Å². The number of thioether (sulfide) groups is 1. The lowest BCUT2D eigenvalue weighted by molar-refractivity contribution is -0.116. The van der Waals surface area contributed by atoms with Gasteiger partial charge >= 0.3 is 0 Å². The van der Waals surface area contributed by atoms with Crippen LogP contribution in [0.4, 0.5) is 5.69 Å². The van der Waals surface area contributed by atoms with E-state index in [2.05, 4.69) is 35.3 Å². The third-order valence-electron chi connectivity index (χ3n) is 4.85. The summed E-state index contributed by atoms with van der Waals surface area (Å²) in [5.74, 6) is 1.29. The van der Waals surface area contributed by atoms with Crippen molar-refractivity contribution in [2.24, 2.45) is 7.05 Å². The van der Waals surface area contributed by atoms with Crippen molar-refractivity contribution < 1.29 is 4.79 Å². The molecule has 0 aliphatic carbocycles. The van der Waals surface area contributed by atoms with Crippen LogP contribution < -0.4 is 4.90 Å². The Morgan fingerprint density at radius 1 is 1.15 bits per heavy atom. The lowest BCUT2D eigenvalue weighted by Gasteiger charge is -2.29. The largest absolute Gasteiger partial charge is 0.311 e. The summed E-state index contributed by atoms with van der Waals surface area (Å²) in [6, 6.07) is 16.4. The van der Waals surface area contributed by atoms with Gasteiger partial charge in [-0.2, -0.15) is 0 Å². The summed E-state index contributed by atoms with van der Waals surface area (Å²) in [6.07, 6.45) is 2.05. The molecule has 0 fully saturated rings. The highest BCUT2D eigenvalue weighted by Crippen LogP contribution is 2.28. The molecular weight excluding hydrogens is 356 g/mol. The van der Waals surface area contributed by atoms with Crippen molar-refractivity contribution >= 4 is 23.4 Å². The summed E-state index contributed by atoms with van der Waals surface area (Å²) in [6.45, 7) is 2.84. The quantitative estimate of drug-likeness (QED) is 0.647. The fraction of sp³-hybridized carbons (Fsp3) is 0.286. The molecule has 2 heterocycles. The second-order valence-corrected chi connectivity index (χ2v) is 7.74. The normalized spacial score (nSPS) is 13.5. The van der Waals surface area contributed by atoms with E-state index in [0.29, 0.717) is 5.75 Å². The first-order chi connectivity index (χ1) is 13.1. The van der Waals surface area contributed by atoms with Gasteiger partial charge in [-0.3, -0.25) is 4.79 Å². The minimum absolute atomic E-state index is 0.118. The van der Waals surface area contributed by atoms with Crippen molar-refractivity contribution in [1.82, 2.24) is 14.8 Å². The summed E-state index contributed by atoms with van der Waals surface area (Å²) in [5.41, 5.74) is 4.52. The van der Waals surface area contributed by atoms with Gasteiger partial charge in [0.2, 0.25) is 5.91 Å². The molecule has 0 radical (unpaired) electrons. The number of nitrogens with zero attached hydrogens (tertiary/aromatic N) is 4. The van der Waals surface area contributed by atoms with Crippen molar-refractivity contribution in [3.63, 3.8) is 0 Å². The Bertz CT molecular complexity index is 982. The molecule has 3 aromatic rings. The number of aromatic nitrogens is 3. The lowest BCUT2D eigenvalue weighted by Crippen LogP contribution is -2.36. The van der Waals surface area contributed by atoms with Crippen LogP contribution in [0.5, 0.6) is 0 Å². The number of fused-ring (bicyclic) bond motifs is 1. The molecule has 0 spiro atoms. The second kappa shape index (κ2) is 7.56. The van der Waals surface area contributed by atoms with Crippen LogP contribution in [0, 0.1) is 6.92 Å². The van der Waals surface area contributed by atoms with Gasteiger partial charge in [0.25, 0.3) is 0 Å². The smallest absolute Gasteiger partial charge is 0.237 e. The highest BCUT2D eigenvalue weighted by molar-refractivity contribution is 7.99. The maximum Gasteiger partial charge on any atom is 0.237 e. The maximum absolute atomic E-state index is 12.8. The van der Waals surface area contributed by atoms with Gasteiger partial charge in [-0.05, 0) is 37.5 Å². The summed E-state index contributed by atoms with van der Waals surface area (Å²) >= 11 is 1.44. The third-order valence-corrected chi connectivity index (χ3v) is 5.85. The van der Waals surface area contributed by atoms with E-state index in [1.807, 2.05) is 46.8 Å². The number of anilines is 1. The molecule has 0 N–H and O–H groups in total. The Morgan fingerprint density at radius 3 is 2.85 bits per heavy atom. The molecule has 4 rings (SSSR count). The van der Waals surface area contributed by atoms with E-state index in [0.717, 1.165) is 41.6 Å². The van der Waals surface area contributed by atoms with Crippen molar-refractivity contribution in [2.45, 2.75) is 24.9 Å². The van der Waals surface area contributed by atoms with E-state index in [4.69, 9.17) is 0 Å². The summed E-state index contributed by atoms with van der Waals surface area (Å²) < 4.78 is 1.96. The van der Waals surface area contributed by atoms with Gasteiger partial charge in [-0.15, -0.1) is 10.2 Å². The first-order valence-corrected chi connectivity index (χ1v) is 10.1. The molecule has 1 aliphatic heterocycles. The molecular formula is C21H22N4OS. The number of carbonyl (C=O) groups excluding carboxylic acids is 1.